The van der Waals surface area contributed by atoms with Gasteiger partial charge in [0.25, 0.3) is 0 Å². The molecule has 144 valence electrons. The largest absolute Gasteiger partial charge is 0.325 e. The number of hydrogen-bond acceptors (Lipinski definition) is 3. The van der Waals surface area contributed by atoms with Crippen molar-refractivity contribution in [2.45, 2.75) is 0 Å². The van der Waals surface area contributed by atoms with Gasteiger partial charge in [0.2, 0.25) is 11.8 Å². The van der Waals surface area contributed by atoms with Crippen molar-refractivity contribution < 1.29 is 9.59 Å². The van der Waals surface area contributed by atoms with E-state index in [4.69, 9.17) is 0 Å². The van der Waals surface area contributed by atoms with Crippen molar-refractivity contribution >= 4 is 56.5 Å². The maximum absolute atomic E-state index is 12.2. The van der Waals surface area contributed by atoms with Crippen LogP contribution in [-0.4, -0.2) is 23.3 Å². The molecule has 0 radical (unpaired) electrons. The number of thioether (sulfide) groups is 1. The van der Waals surface area contributed by atoms with E-state index in [1.54, 1.807) is 0 Å². The van der Waals surface area contributed by atoms with E-state index in [1.165, 1.54) is 11.8 Å². The van der Waals surface area contributed by atoms with E-state index in [-0.39, 0.29) is 23.3 Å². The molecule has 0 bridgehead atoms. The van der Waals surface area contributed by atoms with Gasteiger partial charge < -0.3 is 10.6 Å². The van der Waals surface area contributed by atoms with Crippen LogP contribution in [0.25, 0.3) is 21.5 Å². The minimum atomic E-state index is -0.121. The Bertz CT molecular complexity index is 1100. The van der Waals surface area contributed by atoms with E-state index in [1.807, 2.05) is 84.9 Å². The average molecular weight is 401 g/mol. The van der Waals surface area contributed by atoms with Crippen LogP contribution in [0.3, 0.4) is 0 Å². The highest BCUT2D eigenvalue weighted by Gasteiger charge is 2.07. The molecule has 4 nitrogen and oxygen atoms in total. The molecule has 0 spiro atoms. The van der Waals surface area contributed by atoms with Crippen LogP contribution in [-0.2, 0) is 9.59 Å². The Morgan fingerprint density at radius 1 is 0.586 bits per heavy atom. The highest BCUT2D eigenvalue weighted by Crippen LogP contribution is 2.20. The monoisotopic (exact) mass is 400 g/mol. The number of nitrogens with one attached hydrogen (secondary N) is 2. The van der Waals surface area contributed by atoms with Gasteiger partial charge in [-0.2, -0.15) is 0 Å². The fraction of sp³-hybridized carbons (Fsp3) is 0.0833. The molecule has 0 aliphatic heterocycles. The van der Waals surface area contributed by atoms with E-state index < -0.39 is 0 Å². The molecule has 0 aromatic heterocycles. The van der Waals surface area contributed by atoms with Crippen molar-refractivity contribution in [1.29, 1.82) is 0 Å². The first-order valence-corrected chi connectivity index (χ1v) is 10.5. The van der Waals surface area contributed by atoms with Gasteiger partial charge in [0.1, 0.15) is 0 Å². The third-order valence-corrected chi connectivity index (χ3v) is 5.47. The topological polar surface area (TPSA) is 58.2 Å². The summed E-state index contributed by atoms with van der Waals surface area (Å²) in [5, 5.41) is 10.2. The van der Waals surface area contributed by atoms with E-state index in [0.717, 1.165) is 32.9 Å². The van der Waals surface area contributed by atoms with Crippen LogP contribution in [0.15, 0.2) is 84.9 Å². The summed E-state index contributed by atoms with van der Waals surface area (Å²) in [6.45, 7) is 0. The minimum Gasteiger partial charge on any atom is -0.325 e. The zero-order valence-corrected chi connectivity index (χ0v) is 16.5. The molecule has 0 fully saturated rings. The molecule has 0 saturated carbocycles. The lowest BCUT2D eigenvalue weighted by Gasteiger charge is -2.08. The van der Waals surface area contributed by atoms with Crippen molar-refractivity contribution in [1.82, 2.24) is 0 Å². The summed E-state index contributed by atoms with van der Waals surface area (Å²) < 4.78 is 0. The molecule has 5 heteroatoms. The fourth-order valence-corrected chi connectivity index (χ4v) is 3.78. The van der Waals surface area contributed by atoms with E-state index in [0.29, 0.717) is 0 Å². The number of fused-ring (bicyclic) bond motifs is 2. The molecule has 0 atom stereocenters. The van der Waals surface area contributed by atoms with Crippen LogP contribution in [0.2, 0.25) is 0 Å². The Labute approximate surface area is 173 Å². The van der Waals surface area contributed by atoms with E-state index in [9.17, 15) is 9.59 Å². The molecule has 0 aliphatic carbocycles. The fourth-order valence-electron chi connectivity index (χ4n) is 3.16. The Morgan fingerprint density at radius 3 is 1.45 bits per heavy atom. The number of benzene rings is 4. The first kappa shape index (κ1) is 19.0. The molecule has 2 N–H and O–H groups in total. The van der Waals surface area contributed by atoms with Gasteiger partial charge in [0.15, 0.2) is 0 Å². The zero-order chi connectivity index (χ0) is 20.1. The van der Waals surface area contributed by atoms with Crippen LogP contribution < -0.4 is 10.6 Å². The standard InChI is InChI=1S/C24H20N2O2S/c27-23(25-21-11-9-17-5-1-3-7-19(17)13-21)15-29-16-24(28)26-22-12-10-18-6-2-4-8-20(18)14-22/h1-14H,15-16H2,(H,25,27)(H,26,28). The summed E-state index contributed by atoms with van der Waals surface area (Å²) in [4.78, 5) is 24.3. The summed E-state index contributed by atoms with van der Waals surface area (Å²) in [5.41, 5.74) is 1.52. The lowest BCUT2D eigenvalue weighted by molar-refractivity contribution is -0.114. The van der Waals surface area contributed by atoms with Gasteiger partial charge in [0, 0.05) is 11.4 Å². The van der Waals surface area contributed by atoms with Crippen LogP contribution in [0.4, 0.5) is 11.4 Å². The molecule has 4 aromatic rings. The Kier molecular flexibility index (Phi) is 5.77. The Morgan fingerprint density at radius 2 is 1.00 bits per heavy atom. The van der Waals surface area contributed by atoms with Crippen LogP contribution in [0.1, 0.15) is 0 Å². The number of carbonyl (C=O) groups is 2. The normalized spacial score (nSPS) is 10.8. The third kappa shape index (κ3) is 4.95. The maximum Gasteiger partial charge on any atom is 0.234 e. The third-order valence-electron chi connectivity index (χ3n) is 4.53. The second kappa shape index (κ2) is 8.80. The Hall–Kier alpha value is -3.31. The van der Waals surface area contributed by atoms with Crippen molar-refractivity contribution in [3.05, 3.63) is 84.9 Å². The van der Waals surface area contributed by atoms with Gasteiger partial charge in [-0.1, -0.05) is 60.7 Å². The number of carbonyl (C=O) groups excluding carboxylic acids is 2. The summed E-state index contributed by atoms with van der Waals surface area (Å²) in [6.07, 6.45) is 0. The molecular weight excluding hydrogens is 380 g/mol. The molecule has 0 heterocycles. The van der Waals surface area contributed by atoms with E-state index in [2.05, 4.69) is 10.6 Å². The first-order chi connectivity index (χ1) is 14.2. The number of amides is 2. The summed E-state index contributed by atoms with van der Waals surface area (Å²) >= 11 is 1.29. The number of anilines is 2. The van der Waals surface area contributed by atoms with Crippen molar-refractivity contribution in [2.24, 2.45) is 0 Å². The van der Waals surface area contributed by atoms with Gasteiger partial charge in [-0.05, 0) is 45.8 Å². The van der Waals surface area contributed by atoms with Gasteiger partial charge in [-0.15, -0.1) is 11.8 Å². The van der Waals surface area contributed by atoms with Gasteiger partial charge >= 0.3 is 0 Å². The molecular formula is C24H20N2O2S. The lowest BCUT2D eigenvalue weighted by Crippen LogP contribution is -2.18. The molecule has 0 aliphatic rings. The molecule has 2 amide bonds. The summed E-state index contributed by atoms with van der Waals surface area (Å²) in [7, 11) is 0. The summed E-state index contributed by atoms with van der Waals surface area (Å²) in [6, 6.07) is 27.6. The van der Waals surface area contributed by atoms with Crippen LogP contribution in [0.5, 0.6) is 0 Å². The minimum absolute atomic E-state index is 0.121. The second-order valence-electron chi connectivity index (χ2n) is 6.71. The summed E-state index contributed by atoms with van der Waals surface area (Å²) in [5.74, 6) is 0.197. The van der Waals surface area contributed by atoms with Gasteiger partial charge in [0.05, 0.1) is 11.5 Å². The van der Waals surface area contributed by atoms with Crippen molar-refractivity contribution in [2.75, 3.05) is 22.1 Å². The van der Waals surface area contributed by atoms with Crippen molar-refractivity contribution in [3.8, 4) is 0 Å². The maximum atomic E-state index is 12.2. The molecule has 4 aromatic carbocycles. The highest BCUT2D eigenvalue weighted by molar-refractivity contribution is 8.00. The molecule has 0 unspecified atom stereocenters. The highest BCUT2D eigenvalue weighted by atomic mass is 32.2. The molecule has 4 rings (SSSR count). The predicted octanol–water partition coefficient (Wildman–Crippen LogP) is 5.30. The quantitative estimate of drug-likeness (QED) is 0.461. The zero-order valence-electron chi connectivity index (χ0n) is 15.7. The number of hydrogen-bond donors (Lipinski definition) is 2. The Balaban J connectivity index is 1.26. The lowest BCUT2D eigenvalue weighted by atomic mass is 10.1. The van der Waals surface area contributed by atoms with E-state index >= 15 is 0 Å². The van der Waals surface area contributed by atoms with Crippen LogP contribution in [0, 0.1) is 0 Å². The van der Waals surface area contributed by atoms with Crippen LogP contribution >= 0.6 is 11.8 Å². The molecule has 0 saturated heterocycles. The SMILES string of the molecule is O=C(CSCC(=O)Nc1ccc2ccccc2c1)Nc1ccc2ccccc2c1. The average Bonchev–Trinajstić information content (AvgIpc) is 2.73. The van der Waals surface area contributed by atoms with Crippen molar-refractivity contribution in [3.63, 3.8) is 0 Å². The second-order valence-corrected chi connectivity index (χ2v) is 7.70. The first-order valence-electron chi connectivity index (χ1n) is 9.32. The smallest absolute Gasteiger partial charge is 0.234 e. The number of rotatable bonds is 6. The molecule has 29 heavy (non-hydrogen) atoms. The van der Waals surface area contributed by atoms with Gasteiger partial charge in [-0.25, -0.2) is 0 Å². The predicted molar refractivity (Wildman–Crippen MR) is 122 cm³/mol. The van der Waals surface area contributed by atoms with Gasteiger partial charge in [-0.3, -0.25) is 9.59 Å².